The first-order valence-electron chi connectivity index (χ1n) is 3.36. The predicted molar refractivity (Wildman–Crippen MR) is 38.8 cm³/mol. The van der Waals surface area contributed by atoms with Crippen LogP contribution in [0.4, 0.5) is 0 Å². The third kappa shape index (κ3) is 6.74. The van der Waals surface area contributed by atoms with Gasteiger partial charge in [-0.2, -0.15) is 4.99 Å². The van der Waals surface area contributed by atoms with E-state index >= 15 is 0 Å². The highest BCUT2D eigenvalue weighted by molar-refractivity contribution is 5.72. The van der Waals surface area contributed by atoms with E-state index in [1.54, 1.807) is 0 Å². The summed E-state index contributed by atoms with van der Waals surface area (Å²) in [6, 6.07) is 0. The first-order valence-corrected chi connectivity index (χ1v) is 3.36. The molecule has 0 bridgehead atoms. The maximum Gasteiger partial charge on any atom is 0.328 e. The molecule has 0 aromatic rings. The van der Waals surface area contributed by atoms with Crippen molar-refractivity contribution < 1.29 is 14.3 Å². The van der Waals surface area contributed by atoms with Crippen LogP contribution >= 0.6 is 0 Å². The molecule has 11 heavy (non-hydrogen) atoms. The van der Waals surface area contributed by atoms with Crippen molar-refractivity contribution in [3.63, 3.8) is 0 Å². The average molecular weight is 157 g/mol. The third-order valence-corrected chi connectivity index (χ3v) is 0.850. The number of esters is 1. The van der Waals surface area contributed by atoms with Gasteiger partial charge in [0.25, 0.3) is 0 Å². The van der Waals surface area contributed by atoms with Crippen molar-refractivity contribution >= 4 is 12.0 Å². The van der Waals surface area contributed by atoms with Crippen LogP contribution < -0.4 is 0 Å². The van der Waals surface area contributed by atoms with Gasteiger partial charge in [0, 0.05) is 0 Å². The first kappa shape index (κ1) is 9.85. The summed E-state index contributed by atoms with van der Waals surface area (Å²) in [7, 11) is 0. The molecule has 0 saturated carbocycles. The van der Waals surface area contributed by atoms with Gasteiger partial charge in [0.05, 0.1) is 6.61 Å². The molecule has 0 aromatic carbocycles. The number of isocyanates is 1. The maximum atomic E-state index is 10.6. The number of hydrogen-bond donors (Lipinski definition) is 0. The van der Waals surface area contributed by atoms with Crippen LogP contribution in [0.25, 0.3) is 0 Å². The van der Waals surface area contributed by atoms with Gasteiger partial charge in [0.15, 0.2) is 0 Å². The van der Waals surface area contributed by atoms with Gasteiger partial charge in [-0.05, 0) is 5.92 Å². The van der Waals surface area contributed by atoms with Crippen molar-refractivity contribution in [1.82, 2.24) is 0 Å². The highest BCUT2D eigenvalue weighted by Gasteiger charge is 2.01. The second kappa shape index (κ2) is 5.62. The van der Waals surface area contributed by atoms with Crippen LogP contribution in [0.15, 0.2) is 4.99 Å². The number of rotatable bonds is 4. The lowest BCUT2D eigenvalue weighted by molar-refractivity contribution is -0.142. The SMILES string of the molecule is CC(C)COC(=O)CN=C=O. The molecule has 0 spiro atoms. The monoisotopic (exact) mass is 157 g/mol. The van der Waals surface area contributed by atoms with Gasteiger partial charge in [-0.1, -0.05) is 13.8 Å². The topological polar surface area (TPSA) is 55.7 Å². The number of hydrogen-bond acceptors (Lipinski definition) is 4. The minimum atomic E-state index is -0.484. The molecule has 0 aliphatic heterocycles. The molecular weight excluding hydrogens is 146 g/mol. The minimum Gasteiger partial charge on any atom is -0.464 e. The molecule has 0 aromatic heterocycles. The Hall–Kier alpha value is -1.15. The van der Waals surface area contributed by atoms with E-state index in [0.717, 1.165) is 0 Å². The maximum absolute atomic E-state index is 10.6. The summed E-state index contributed by atoms with van der Waals surface area (Å²) < 4.78 is 4.69. The third-order valence-electron chi connectivity index (χ3n) is 0.850. The van der Waals surface area contributed by atoms with Crippen LogP contribution in [-0.2, 0) is 14.3 Å². The second-order valence-electron chi connectivity index (χ2n) is 2.48. The highest BCUT2D eigenvalue weighted by atomic mass is 16.5. The Labute approximate surface area is 65.3 Å². The van der Waals surface area contributed by atoms with Gasteiger partial charge in [-0.25, -0.2) is 4.79 Å². The van der Waals surface area contributed by atoms with Crippen LogP contribution in [0.5, 0.6) is 0 Å². The molecule has 0 heterocycles. The van der Waals surface area contributed by atoms with Crippen LogP contribution in [-0.4, -0.2) is 25.2 Å². The normalized spacial score (nSPS) is 9.00. The van der Waals surface area contributed by atoms with E-state index in [4.69, 9.17) is 4.74 Å². The van der Waals surface area contributed by atoms with E-state index in [0.29, 0.717) is 12.5 Å². The summed E-state index contributed by atoms with van der Waals surface area (Å²) in [5, 5.41) is 0. The van der Waals surface area contributed by atoms with Gasteiger partial charge in [0.1, 0.15) is 6.54 Å². The van der Waals surface area contributed by atoms with Crippen molar-refractivity contribution in [3.8, 4) is 0 Å². The Morgan fingerprint density at radius 2 is 2.27 bits per heavy atom. The molecule has 4 heteroatoms. The van der Waals surface area contributed by atoms with E-state index in [1.807, 2.05) is 13.8 Å². The van der Waals surface area contributed by atoms with E-state index in [9.17, 15) is 9.59 Å². The van der Waals surface area contributed by atoms with Crippen LogP contribution in [0.3, 0.4) is 0 Å². The Balaban J connectivity index is 3.45. The smallest absolute Gasteiger partial charge is 0.328 e. The number of carbonyl (C=O) groups excluding carboxylic acids is 2. The lowest BCUT2D eigenvalue weighted by Crippen LogP contribution is -2.12. The Bertz CT molecular complexity index is 171. The zero-order chi connectivity index (χ0) is 8.69. The summed E-state index contributed by atoms with van der Waals surface area (Å²) in [6.07, 6.45) is 1.26. The largest absolute Gasteiger partial charge is 0.464 e. The molecule has 0 fully saturated rings. The van der Waals surface area contributed by atoms with Gasteiger partial charge < -0.3 is 4.74 Å². The van der Waals surface area contributed by atoms with Crippen LogP contribution in [0, 0.1) is 5.92 Å². The zero-order valence-electron chi connectivity index (χ0n) is 6.66. The van der Waals surface area contributed by atoms with Crippen molar-refractivity contribution in [3.05, 3.63) is 0 Å². The number of carbonyl (C=O) groups is 1. The van der Waals surface area contributed by atoms with E-state index < -0.39 is 5.97 Å². The summed E-state index contributed by atoms with van der Waals surface area (Å²) in [5.41, 5.74) is 0. The fraction of sp³-hybridized carbons (Fsp3) is 0.714. The zero-order valence-corrected chi connectivity index (χ0v) is 6.66. The molecule has 62 valence electrons. The molecule has 0 rings (SSSR count). The van der Waals surface area contributed by atoms with Crippen molar-refractivity contribution in [2.24, 2.45) is 10.9 Å². The lowest BCUT2D eigenvalue weighted by atomic mass is 10.2. The molecule has 0 radical (unpaired) electrons. The van der Waals surface area contributed by atoms with Crippen molar-refractivity contribution in [2.45, 2.75) is 13.8 Å². The molecule has 0 unspecified atom stereocenters. The standard InChI is InChI=1S/C7H11NO3/c1-6(2)4-11-7(10)3-8-5-9/h6H,3-4H2,1-2H3. The average Bonchev–Trinajstić information content (AvgIpc) is 1.97. The fourth-order valence-electron chi connectivity index (χ4n) is 0.402. The quantitative estimate of drug-likeness (QED) is 0.339. The molecule has 0 aliphatic rings. The van der Waals surface area contributed by atoms with Gasteiger partial charge in [0.2, 0.25) is 6.08 Å². The van der Waals surface area contributed by atoms with Gasteiger partial charge in [-0.3, -0.25) is 4.79 Å². The minimum absolute atomic E-state index is 0.226. The number of nitrogens with zero attached hydrogens (tertiary/aromatic N) is 1. The first-order chi connectivity index (χ1) is 5.16. The number of aliphatic imine (C=N–C) groups is 1. The molecule has 4 nitrogen and oxygen atoms in total. The molecule has 0 aliphatic carbocycles. The lowest BCUT2D eigenvalue weighted by Gasteiger charge is -2.03. The van der Waals surface area contributed by atoms with Gasteiger partial charge >= 0.3 is 5.97 Å². The highest BCUT2D eigenvalue weighted by Crippen LogP contribution is 1.92. The Morgan fingerprint density at radius 3 is 2.73 bits per heavy atom. The van der Waals surface area contributed by atoms with Crippen LogP contribution in [0.1, 0.15) is 13.8 Å². The predicted octanol–water partition coefficient (Wildman–Crippen LogP) is 0.521. The van der Waals surface area contributed by atoms with E-state index in [1.165, 1.54) is 6.08 Å². The Morgan fingerprint density at radius 1 is 1.64 bits per heavy atom. The molecular formula is C7H11NO3. The number of ether oxygens (including phenoxy) is 1. The van der Waals surface area contributed by atoms with Crippen LogP contribution in [0.2, 0.25) is 0 Å². The second-order valence-corrected chi connectivity index (χ2v) is 2.48. The van der Waals surface area contributed by atoms with E-state index in [-0.39, 0.29) is 6.54 Å². The summed E-state index contributed by atoms with van der Waals surface area (Å²) in [6.45, 7) is 4.00. The van der Waals surface area contributed by atoms with E-state index in [2.05, 4.69) is 4.99 Å². The summed E-state index contributed by atoms with van der Waals surface area (Å²) >= 11 is 0. The van der Waals surface area contributed by atoms with Crippen molar-refractivity contribution in [1.29, 1.82) is 0 Å². The van der Waals surface area contributed by atoms with Crippen molar-refractivity contribution in [2.75, 3.05) is 13.2 Å². The molecule has 0 atom stereocenters. The molecule has 0 N–H and O–H groups in total. The molecule has 0 saturated heterocycles. The summed E-state index contributed by atoms with van der Waals surface area (Å²) in [4.78, 5) is 23.2. The fourth-order valence-corrected chi connectivity index (χ4v) is 0.402. The van der Waals surface area contributed by atoms with Gasteiger partial charge in [-0.15, -0.1) is 0 Å². The Kier molecular flexibility index (Phi) is 5.03. The summed E-state index contributed by atoms with van der Waals surface area (Å²) in [5.74, 6) is -0.179. The molecule has 0 amide bonds.